The number of carboxylic acid groups (broad SMARTS) is 1. The molecule has 84 valence electrons. The van der Waals surface area contributed by atoms with Crippen molar-refractivity contribution in [2.24, 2.45) is 11.3 Å². The fourth-order valence-corrected chi connectivity index (χ4v) is 1.63. The second kappa shape index (κ2) is 5.56. The van der Waals surface area contributed by atoms with Crippen LogP contribution >= 0.6 is 12.4 Å². The summed E-state index contributed by atoms with van der Waals surface area (Å²) in [6.45, 7) is 5.77. The predicted octanol–water partition coefficient (Wildman–Crippen LogP) is 1.91. The Morgan fingerprint density at radius 1 is 1.57 bits per heavy atom. The molecule has 0 bridgehead atoms. The minimum absolute atomic E-state index is 0. The van der Waals surface area contributed by atoms with Crippen molar-refractivity contribution in [1.82, 2.24) is 5.32 Å². The normalized spacial score (nSPS) is 21.7. The fraction of sp³-hybridized carbons (Fsp3) is 0.900. The van der Waals surface area contributed by atoms with Crippen molar-refractivity contribution >= 4 is 18.4 Å². The molecule has 0 aromatic carbocycles. The third kappa shape index (κ3) is 3.84. The van der Waals surface area contributed by atoms with Gasteiger partial charge in [0.1, 0.15) is 0 Å². The average Bonchev–Trinajstić information content (AvgIpc) is 2.52. The zero-order chi connectivity index (χ0) is 9.90. The quantitative estimate of drug-likeness (QED) is 0.763. The van der Waals surface area contributed by atoms with E-state index >= 15 is 0 Å². The maximum atomic E-state index is 10.8. The number of carboxylic acids is 1. The molecule has 0 saturated carbocycles. The van der Waals surface area contributed by atoms with E-state index in [1.807, 2.05) is 0 Å². The molecule has 0 radical (unpaired) electrons. The van der Waals surface area contributed by atoms with Gasteiger partial charge in [0.25, 0.3) is 0 Å². The van der Waals surface area contributed by atoms with Crippen molar-refractivity contribution < 1.29 is 9.90 Å². The van der Waals surface area contributed by atoms with Crippen LogP contribution in [0.3, 0.4) is 0 Å². The van der Waals surface area contributed by atoms with Crippen LogP contribution in [0, 0.1) is 11.3 Å². The van der Waals surface area contributed by atoms with E-state index in [4.69, 9.17) is 5.11 Å². The van der Waals surface area contributed by atoms with Gasteiger partial charge in [-0.25, -0.2) is 0 Å². The molecule has 0 spiro atoms. The average molecular weight is 222 g/mol. The summed E-state index contributed by atoms with van der Waals surface area (Å²) in [6.07, 6.45) is 3.02. The summed E-state index contributed by atoms with van der Waals surface area (Å²) >= 11 is 0. The lowest BCUT2D eigenvalue weighted by Gasteiger charge is -2.20. The van der Waals surface area contributed by atoms with E-state index in [-0.39, 0.29) is 12.4 Å². The van der Waals surface area contributed by atoms with Gasteiger partial charge in [0.2, 0.25) is 0 Å². The first-order chi connectivity index (χ1) is 6.02. The fourth-order valence-electron chi connectivity index (χ4n) is 1.63. The summed E-state index contributed by atoms with van der Waals surface area (Å²) in [5.41, 5.74) is -0.553. The summed E-state index contributed by atoms with van der Waals surface area (Å²) in [7, 11) is 0. The van der Waals surface area contributed by atoms with Crippen molar-refractivity contribution in [2.45, 2.75) is 33.1 Å². The third-order valence-electron chi connectivity index (χ3n) is 2.92. The molecule has 1 saturated heterocycles. The van der Waals surface area contributed by atoms with E-state index in [0.717, 1.165) is 25.9 Å². The number of carbonyl (C=O) groups is 1. The molecule has 0 aromatic heterocycles. The second-order valence-electron chi connectivity index (χ2n) is 4.59. The molecule has 0 aliphatic carbocycles. The smallest absolute Gasteiger partial charge is 0.309 e. The Labute approximate surface area is 91.7 Å². The Balaban J connectivity index is 0.00000169. The molecule has 14 heavy (non-hydrogen) atoms. The Bertz CT molecular complexity index is 189. The molecular weight excluding hydrogens is 202 g/mol. The van der Waals surface area contributed by atoms with Crippen LogP contribution in [0.4, 0.5) is 0 Å². The standard InChI is InChI=1S/C10H19NO2.ClH/c1-10(2,9(12)13)5-3-8-4-6-11-7-8;/h8,11H,3-7H2,1-2H3,(H,12,13);1H. The predicted molar refractivity (Wildman–Crippen MR) is 58.9 cm³/mol. The first kappa shape index (κ1) is 13.7. The van der Waals surface area contributed by atoms with Gasteiger partial charge in [0.05, 0.1) is 5.41 Å². The number of aliphatic carboxylic acids is 1. The van der Waals surface area contributed by atoms with E-state index in [0.29, 0.717) is 5.92 Å². The molecule has 1 unspecified atom stereocenters. The summed E-state index contributed by atoms with van der Waals surface area (Å²) in [6, 6.07) is 0. The van der Waals surface area contributed by atoms with Crippen LogP contribution in [0.25, 0.3) is 0 Å². The van der Waals surface area contributed by atoms with Gasteiger partial charge in [0, 0.05) is 0 Å². The van der Waals surface area contributed by atoms with Gasteiger partial charge in [-0.05, 0) is 52.1 Å². The third-order valence-corrected chi connectivity index (χ3v) is 2.92. The molecule has 1 fully saturated rings. The molecule has 1 aliphatic rings. The van der Waals surface area contributed by atoms with Gasteiger partial charge >= 0.3 is 5.97 Å². The zero-order valence-electron chi connectivity index (χ0n) is 8.88. The highest BCUT2D eigenvalue weighted by molar-refractivity contribution is 5.85. The molecular formula is C10H20ClNO2. The zero-order valence-corrected chi connectivity index (χ0v) is 9.69. The van der Waals surface area contributed by atoms with E-state index in [1.165, 1.54) is 6.42 Å². The lowest BCUT2D eigenvalue weighted by atomic mass is 9.84. The van der Waals surface area contributed by atoms with E-state index in [1.54, 1.807) is 13.8 Å². The van der Waals surface area contributed by atoms with Crippen molar-refractivity contribution in [3.63, 3.8) is 0 Å². The van der Waals surface area contributed by atoms with Gasteiger partial charge in [-0.2, -0.15) is 0 Å². The first-order valence-corrected chi connectivity index (χ1v) is 4.96. The van der Waals surface area contributed by atoms with Crippen LogP contribution in [-0.4, -0.2) is 24.2 Å². The highest BCUT2D eigenvalue weighted by Gasteiger charge is 2.28. The van der Waals surface area contributed by atoms with Gasteiger partial charge < -0.3 is 10.4 Å². The monoisotopic (exact) mass is 221 g/mol. The molecule has 2 N–H and O–H groups in total. The van der Waals surface area contributed by atoms with Crippen LogP contribution in [0.15, 0.2) is 0 Å². The summed E-state index contributed by atoms with van der Waals surface area (Å²) in [4.78, 5) is 10.8. The topological polar surface area (TPSA) is 49.3 Å². The number of halogens is 1. The lowest BCUT2D eigenvalue weighted by Crippen LogP contribution is -2.24. The van der Waals surface area contributed by atoms with E-state index in [9.17, 15) is 4.79 Å². The highest BCUT2D eigenvalue weighted by Crippen LogP contribution is 2.26. The lowest BCUT2D eigenvalue weighted by molar-refractivity contribution is -0.147. The number of hydrogen-bond acceptors (Lipinski definition) is 2. The SMILES string of the molecule is CC(C)(CCC1CCNC1)C(=O)O.Cl. The maximum absolute atomic E-state index is 10.8. The number of rotatable bonds is 4. The highest BCUT2D eigenvalue weighted by atomic mass is 35.5. The van der Waals surface area contributed by atoms with Crippen LogP contribution in [0.2, 0.25) is 0 Å². The van der Waals surface area contributed by atoms with E-state index in [2.05, 4.69) is 5.32 Å². The Kier molecular flexibility index (Phi) is 5.45. The maximum Gasteiger partial charge on any atom is 0.309 e. The molecule has 1 atom stereocenters. The summed E-state index contributed by atoms with van der Waals surface area (Å²) in [5, 5.41) is 12.2. The van der Waals surface area contributed by atoms with Gasteiger partial charge in [0.15, 0.2) is 0 Å². The number of hydrogen-bond donors (Lipinski definition) is 2. The summed E-state index contributed by atoms with van der Waals surface area (Å²) < 4.78 is 0. The minimum Gasteiger partial charge on any atom is -0.481 e. The molecule has 1 heterocycles. The molecule has 1 aliphatic heterocycles. The molecule has 4 heteroatoms. The van der Waals surface area contributed by atoms with Crippen molar-refractivity contribution in [3.05, 3.63) is 0 Å². The van der Waals surface area contributed by atoms with Crippen molar-refractivity contribution in [2.75, 3.05) is 13.1 Å². The van der Waals surface area contributed by atoms with E-state index < -0.39 is 11.4 Å². The first-order valence-electron chi connectivity index (χ1n) is 4.96. The van der Waals surface area contributed by atoms with Crippen molar-refractivity contribution in [1.29, 1.82) is 0 Å². The second-order valence-corrected chi connectivity index (χ2v) is 4.59. The summed E-state index contributed by atoms with van der Waals surface area (Å²) in [5.74, 6) is 0.0112. The van der Waals surface area contributed by atoms with Gasteiger partial charge in [-0.15, -0.1) is 12.4 Å². The molecule has 0 aromatic rings. The number of nitrogens with one attached hydrogen (secondary N) is 1. The van der Waals surface area contributed by atoms with Gasteiger partial charge in [-0.1, -0.05) is 0 Å². The van der Waals surface area contributed by atoms with Crippen molar-refractivity contribution in [3.8, 4) is 0 Å². The molecule has 1 rings (SSSR count). The minimum atomic E-state index is -0.682. The van der Waals surface area contributed by atoms with Crippen LogP contribution < -0.4 is 5.32 Å². The molecule has 3 nitrogen and oxygen atoms in total. The Morgan fingerprint density at radius 2 is 2.21 bits per heavy atom. The van der Waals surface area contributed by atoms with Crippen LogP contribution in [0.5, 0.6) is 0 Å². The molecule has 0 amide bonds. The largest absolute Gasteiger partial charge is 0.481 e. The van der Waals surface area contributed by atoms with Crippen LogP contribution in [-0.2, 0) is 4.79 Å². The Morgan fingerprint density at radius 3 is 2.64 bits per heavy atom. The van der Waals surface area contributed by atoms with Gasteiger partial charge in [-0.3, -0.25) is 4.79 Å². The Hall–Kier alpha value is -0.280. The van der Waals surface area contributed by atoms with Crippen LogP contribution in [0.1, 0.15) is 33.1 Å².